The first-order chi connectivity index (χ1) is 8.61. The number of halogens is 1. The highest BCUT2D eigenvalue weighted by atomic mass is 35.5. The molecule has 0 saturated carbocycles. The fourth-order valence-corrected chi connectivity index (χ4v) is 2.04. The van der Waals surface area contributed by atoms with Crippen molar-refractivity contribution in [2.75, 3.05) is 0 Å². The van der Waals surface area contributed by atoms with Crippen LogP contribution < -0.4 is 0 Å². The molecule has 0 bridgehead atoms. The molecular formula is C14H17ClN2O. The van der Waals surface area contributed by atoms with Crippen LogP contribution in [0, 0.1) is 13.8 Å². The van der Waals surface area contributed by atoms with Crippen LogP contribution in [0.2, 0.25) is 0 Å². The molecule has 3 nitrogen and oxygen atoms in total. The SMILES string of the molecule is CCCC(Cl)c1noc(-c2ccc(C)c(C)c2)n1. The summed E-state index contributed by atoms with van der Waals surface area (Å²) < 4.78 is 5.27. The molecule has 0 amide bonds. The van der Waals surface area contributed by atoms with Crippen molar-refractivity contribution >= 4 is 11.6 Å². The standard InChI is InChI=1S/C14H17ClN2O/c1-4-5-12(15)13-16-14(18-17-13)11-7-6-9(2)10(3)8-11/h6-8,12H,4-5H2,1-3H3. The van der Waals surface area contributed by atoms with E-state index in [1.54, 1.807) is 0 Å². The molecule has 0 saturated heterocycles. The van der Waals surface area contributed by atoms with E-state index in [9.17, 15) is 0 Å². The molecule has 1 aromatic carbocycles. The van der Waals surface area contributed by atoms with E-state index in [-0.39, 0.29) is 5.38 Å². The molecule has 2 aromatic rings. The first-order valence-corrected chi connectivity index (χ1v) is 6.60. The van der Waals surface area contributed by atoms with Crippen molar-refractivity contribution in [2.24, 2.45) is 0 Å². The third-order valence-electron chi connectivity index (χ3n) is 3.02. The van der Waals surface area contributed by atoms with E-state index in [0.29, 0.717) is 11.7 Å². The van der Waals surface area contributed by atoms with Gasteiger partial charge >= 0.3 is 0 Å². The summed E-state index contributed by atoms with van der Waals surface area (Å²) in [5.41, 5.74) is 3.40. The lowest BCUT2D eigenvalue weighted by Crippen LogP contribution is -1.92. The van der Waals surface area contributed by atoms with Gasteiger partial charge in [-0.15, -0.1) is 11.6 Å². The predicted molar refractivity (Wildman–Crippen MR) is 72.7 cm³/mol. The molecule has 1 unspecified atom stereocenters. The Morgan fingerprint density at radius 1 is 1.28 bits per heavy atom. The summed E-state index contributed by atoms with van der Waals surface area (Å²) in [7, 11) is 0. The van der Waals surface area contributed by atoms with Crippen molar-refractivity contribution < 1.29 is 4.52 Å². The average molecular weight is 265 g/mol. The van der Waals surface area contributed by atoms with E-state index in [2.05, 4.69) is 43.0 Å². The van der Waals surface area contributed by atoms with Crippen molar-refractivity contribution in [2.45, 2.75) is 39.0 Å². The van der Waals surface area contributed by atoms with Gasteiger partial charge in [0.2, 0.25) is 0 Å². The monoisotopic (exact) mass is 264 g/mol. The summed E-state index contributed by atoms with van der Waals surface area (Å²) >= 11 is 6.18. The van der Waals surface area contributed by atoms with Crippen LogP contribution in [0.5, 0.6) is 0 Å². The van der Waals surface area contributed by atoms with Crippen LogP contribution in [-0.4, -0.2) is 10.1 Å². The summed E-state index contributed by atoms with van der Waals surface area (Å²) in [6.07, 6.45) is 1.86. The zero-order valence-electron chi connectivity index (χ0n) is 10.9. The van der Waals surface area contributed by atoms with Crippen molar-refractivity contribution in [3.05, 3.63) is 35.2 Å². The highest BCUT2D eigenvalue weighted by molar-refractivity contribution is 6.20. The summed E-state index contributed by atoms with van der Waals surface area (Å²) in [6.45, 7) is 6.23. The molecule has 0 fully saturated rings. The van der Waals surface area contributed by atoms with Crippen LogP contribution in [0.25, 0.3) is 11.5 Å². The number of aromatic nitrogens is 2. The zero-order valence-corrected chi connectivity index (χ0v) is 11.7. The molecule has 0 aliphatic heterocycles. The highest BCUT2D eigenvalue weighted by Gasteiger charge is 2.16. The van der Waals surface area contributed by atoms with Gasteiger partial charge < -0.3 is 4.52 Å². The van der Waals surface area contributed by atoms with Crippen LogP contribution in [0.4, 0.5) is 0 Å². The third kappa shape index (κ3) is 2.72. The van der Waals surface area contributed by atoms with Crippen molar-refractivity contribution in [1.82, 2.24) is 10.1 Å². The van der Waals surface area contributed by atoms with E-state index < -0.39 is 0 Å². The second kappa shape index (κ2) is 5.53. The lowest BCUT2D eigenvalue weighted by Gasteiger charge is -2.01. The lowest BCUT2D eigenvalue weighted by atomic mass is 10.1. The summed E-state index contributed by atoms with van der Waals surface area (Å²) in [6, 6.07) is 6.09. The molecule has 0 aliphatic rings. The molecule has 0 N–H and O–H groups in total. The van der Waals surface area contributed by atoms with E-state index in [0.717, 1.165) is 18.4 Å². The van der Waals surface area contributed by atoms with Gasteiger partial charge in [-0.25, -0.2) is 0 Å². The third-order valence-corrected chi connectivity index (χ3v) is 3.43. The number of hydrogen-bond acceptors (Lipinski definition) is 3. The zero-order chi connectivity index (χ0) is 13.1. The van der Waals surface area contributed by atoms with Gasteiger partial charge in [0, 0.05) is 5.56 Å². The summed E-state index contributed by atoms with van der Waals surface area (Å²) in [5, 5.41) is 3.78. The van der Waals surface area contributed by atoms with Crippen LogP contribution in [0.1, 0.15) is 42.1 Å². The van der Waals surface area contributed by atoms with Crippen LogP contribution in [0.3, 0.4) is 0 Å². The molecule has 96 valence electrons. The van der Waals surface area contributed by atoms with Gasteiger partial charge in [-0.05, 0) is 43.5 Å². The minimum Gasteiger partial charge on any atom is -0.334 e. The maximum atomic E-state index is 6.18. The molecule has 0 spiro atoms. The Morgan fingerprint density at radius 3 is 2.72 bits per heavy atom. The Labute approximate surface area is 112 Å². The molecule has 4 heteroatoms. The normalized spacial score (nSPS) is 12.7. The molecular weight excluding hydrogens is 248 g/mol. The number of hydrogen-bond donors (Lipinski definition) is 0. The van der Waals surface area contributed by atoms with E-state index >= 15 is 0 Å². The Balaban J connectivity index is 2.26. The minimum absolute atomic E-state index is 0.168. The number of benzene rings is 1. The van der Waals surface area contributed by atoms with Gasteiger partial charge in [0.1, 0.15) is 0 Å². The topological polar surface area (TPSA) is 38.9 Å². The van der Waals surface area contributed by atoms with Gasteiger partial charge in [0.05, 0.1) is 5.38 Å². The largest absolute Gasteiger partial charge is 0.334 e. The quantitative estimate of drug-likeness (QED) is 0.767. The number of rotatable bonds is 4. The number of nitrogens with zero attached hydrogens (tertiary/aromatic N) is 2. The van der Waals surface area contributed by atoms with E-state index in [1.807, 2.05) is 6.07 Å². The molecule has 18 heavy (non-hydrogen) atoms. The molecule has 2 rings (SSSR count). The molecule has 0 aliphatic carbocycles. The second-order valence-electron chi connectivity index (χ2n) is 4.51. The Bertz CT molecular complexity index is 536. The minimum atomic E-state index is -0.168. The first-order valence-electron chi connectivity index (χ1n) is 6.17. The number of aryl methyl sites for hydroxylation is 2. The average Bonchev–Trinajstić information content (AvgIpc) is 2.82. The highest BCUT2D eigenvalue weighted by Crippen LogP contribution is 2.26. The Hall–Kier alpha value is -1.35. The van der Waals surface area contributed by atoms with Gasteiger partial charge in [0.25, 0.3) is 5.89 Å². The van der Waals surface area contributed by atoms with Gasteiger partial charge in [-0.2, -0.15) is 4.98 Å². The lowest BCUT2D eigenvalue weighted by molar-refractivity contribution is 0.420. The van der Waals surface area contributed by atoms with Crippen molar-refractivity contribution in [3.8, 4) is 11.5 Å². The van der Waals surface area contributed by atoms with Crippen LogP contribution >= 0.6 is 11.6 Å². The van der Waals surface area contributed by atoms with Crippen LogP contribution in [0.15, 0.2) is 22.7 Å². The van der Waals surface area contributed by atoms with E-state index in [1.165, 1.54) is 11.1 Å². The smallest absolute Gasteiger partial charge is 0.257 e. The first kappa shape index (κ1) is 13.1. The fourth-order valence-electron chi connectivity index (χ4n) is 1.74. The molecule has 1 aromatic heterocycles. The van der Waals surface area contributed by atoms with Crippen molar-refractivity contribution in [1.29, 1.82) is 0 Å². The Kier molecular flexibility index (Phi) is 4.02. The van der Waals surface area contributed by atoms with E-state index in [4.69, 9.17) is 16.1 Å². The fraction of sp³-hybridized carbons (Fsp3) is 0.429. The maximum Gasteiger partial charge on any atom is 0.257 e. The van der Waals surface area contributed by atoms with Gasteiger partial charge in [0.15, 0.2) is 5.82 Å². The maximum absolute atomic E-state index is 6.18. The molecule has 1 atom stereocenters. The van der Waals surface area contributed by atoms with Gasteiger partial charge in [-0.3, -0.25) is 0 Å². The van der Waals surface area contributed by atoms with Crippen molar-refractivity contribution in [3.63, 3.8) is 0 Å². The number of alkyl halides is 1. The summed E-state index contributed by atoms with van der Waals surface area (Å²) in [4.78, 5) is 4.36. The molecule has 0 radical (unpaired) electrons. The van der Waals surface area contributed by atoms with Crippen LogP contribution in [-0.2, 0) is 0 Å². The predicted octanol–water partition coefficient (Wildman–Crippen LogP) is 4.43. The molecule has 1 heterocycles. The second-order valence-corrected chi connectivity index (χ2v) is 5.04. The summed E-state index contributed by atoms with van der Waals surface area (Å²) in [5.74, 6) is 1.11. The Morgan fingerprint density at radius 2 is 2.06 bits per heavy atom. The van der Waals surface area contributed by atoms with Gasteiger partial charge in [-0.1, -0.05) is 24.6 Å².